The first-order valence-corrected chi connectivity index (χ1v) is 3.03. The molecule has 0 radical (unpaired) electrons. The number of rotatable bonds is 0. The van der Waals surface area contributed by atoms with Gasteiger partial charge in [0.1, 0.15) is 0 Å². The van der Waals surface area contributed by atoms with Crippen LogP contribution < -0.4 is 66.1 Å². The van der Waals surface area contributed by atoms with Crippen LogP contribution in [0.4, 0.5) is 0 Å². The predicted octanol–water partition coefficient (Wildman–Crippen LogP) is -5.94. The van der Waals surface area contributed by atoms with Crippen LogP contribution in [0.2, 0.25) is 0 Å². The zero-order valence-corrected chi connectivity index (χ0v) is 9.57. The van der Waals surface area contributed by atoms with Gasteiger partial charge in [0.15, 0.2) is 0 Å². The van der Waals surface area contributed by atoms with E-state index in [0.717, 1.165) is 20.4 Å². The van der Waals surface area contributed by atoms with Gasteiger partial charge in [-0.2, -0.15) is 7.82 Å². The van der Waals surface area contributed by atoms with Crippen LogP contribution in [0.15, 0.2) is 0 Å². The van der Waals surface area contributed by atoms with Gasteiger partial charge in [0, 0.05) is 0 Å². The summed E-state index contributed by atoms with van der Waals surface area (Å²) in [5.74, 6) is 0. The second kappa shape index (κ2) is 9.26. The van der Waals surface area contributed by atoms with Gasteiger partial charge in [0.25, 0.3) is 0 Å². The Morgan fingerprint density at radius 2 is 1.12 bits per heavy atom. The summed E-state index contributed by atoms with van der Waals surface area (Å²) in [5, 5.41) is 0. The zero-order valence-electron chi connectivity index (χ0n) is 3.99. The third kappa shape index (κ3) is 85.2. The van der Waals surface area contributed by atoms with Crippen LogP contribution in [0.25, 0.3) is 0 Å². The Hall–Kier alpha value is 2.26. The molecule has 0 fully saturated rings. The van der Waals surface area contributed by atoms with Crippen molar-refractivity contribution >= 4 is 7.82 Å². The van der Waals surface area contributed by atoms with Crippen molar-refractivity contribution in [1.82, 2.24) is 0 Å². The van der Waals surface area contributed by atoms with E-state index in [1.165, 1.54) is 0 Å². The molecule has 8 heavy (non-hydrogen) atoms. The standard InChI is InChI=1S/K.H3O4P.O.Ti/c;1-5(2,3)4;;/h;(H3,1,2,3,4);;/q+1;;;+2/p-3. The molecule has 5 nitrogen and oxygen atoms in total. The van der Waals surface area contributed by atoms with Gasteiger partial charge in [-0.25, -0.2) is 0 Å². The molecule has 0 aromatic heterocycles. The Labute approximate surface area is 100 Å². The molecule has 0 aliphatic heterocycles. The van der Waals surface area contributed by atoms with Crippen molar-refractivity contribution in [3.8, 4) is 0 Å². The van der Waals surface area contributed by atoms with Crippen molar-refractivity contribution in [3.05, 3.63) is 0 Å². The van der Waals surface area contributed by atoms with Gasteiger partial charge in [-0.3, -0.25) is 0 Å². The van der Waals surface area contributed by atoms with E-state index >= 15 is 0 Å². The molecule has 0 rings (SSSR count). The van der Waals surface area contributed by atoms with Gasteiger partial charge in [-0.05, 0) is 0 Å². The maximum atomic E-state index is 8.55. The Morgan fingerprint density at radius 1 is 1.12 bits per heavy atom. The molecule has 0 N–H and O–H groups in total. The Balaban J connectivity index is -0.0000000750. The van der Waals surface area contributed by atoms with E-state index in [-0.39, 0.29) is 51.4 Å². The molecule has 0 bridgehead atoms. The Bertz CT molecular complexity index is 68.2. The second-order valence-electron chi connectivity index (χ2n) is 0.447. The quantitative estimate of drug-likeness (QED) is 0.284. The molecule has 8 heteroatoms. The van der Waals surface area contributed by atoms with Crippen LogP contribution >= 0.6 is 7.82 Å². The summed E-state index contributed by atoms with van der Waals surface area (Å²) >= 11 is 0.750. The second-order valence-corrected chi connectivity index (χ2v) is 1.34. The van der Waals surface area contributed by atoms with E-state index in [2.05, 4.69) is 0 Å². The minimum atomic E-state index is -5.39. The summed E-state index contributed by atoms with van der Waals surface area (Å²) in [6.45, 7) is 0. The van der Waals surface area contributed by atoms with Crippen molar-refractivity contribution in [1.29, 1.82) is 0 Å². The van der Waals surface area contributed by atoms with E-state index in [9.17, 15) is 0 Å². The maximum absolute atomic E-state index is 8.55. The summed E-state index contributed by atoms with van der Waals surface area (Å²) < 4.78 is 16.8. The summed E-state index contributed by atoms with van der Waals surface area (Å²) in [5.41, 5.74) is 0. The summed E-state index contributed by atoms with van der Waals surface area (Å²) in [4.78, 5) is 25.6. The SMILES string of the molecule is O=P([O-])([O-])[O-].[K+].[O]=[Ti+2]. The zero-order chi connectivity index (χ0) is 6.50. The average Bonchev–Trinajstić information content (AvgIpc) is 1.36. The fraction of sp³-hybridized carbons (Fsp3) is 0. The first-order valence-electron chi connectivity index (χ1n) is 0.934. The molecular formula is KO5PTi. The van der Waals surface area contributed by atoms with Gasteiger partial charge in [0.2, 0.25) is 0 Å². The van der Waals surface area contributed by atoms with Crippen LogP contribution in [0.5, 0.6) is 0 Å². The van der Waals surface area contributed by atoms with Crippen LogP contribution in [-0.4, -0.2) is 0 Å². The van der Waals surface area contributed by atoms with E-state index in [1.807, 2.05) is 0 Å². The number of hydrogen-bond acceptors (Lipinski definition) is 5. The van der Waals surface area contributed by atoms with Crippen LogP contribution in [0, 0.1) is 0 Å². The van der Waals surface area contributed by atoms with Crippen LogP contribution in [0.1, 0.15) is 0 Å². The molecule has 0 aromatic carbocycles. The molecule has 0 spiro atoms. The van der Waals surface area contributed by atoms with Gasteiger partial charge in [-0.15, -0.1) is 0 Å². The molecule has 0 saturated heterocycles. The molecule has 40 valence electrons. The van der Waals surface area contributed by atoms with E-state index in [0.29, 0.717) is 0 Å². The third-order valence-corrected chi connectivity index (χ3v) is 0. The minimum absolute atomic E-state index is 0. The van der Waals surface area contributed by atoms with E-state index in [1.54, 1.807) is 0 Å². The molecule has 0 aliphatic carbocycles. The van der Waals surface area contributed by atoms with E-state index in [4.69, 9.17) is 22.6 Å². The van der Waals surface area contributed by atoms with Crippen molar-refractivity contribution in [3.63, 3.8) is 0 Å². The number of hydrogen-bond donors (Lipinski definition) is 0. The Morgan fingerprint density at radius 3 is 1.12 bits per heavy atom. The van der Waals surface area contributed by atoms with Crippen molar-refractivity contribution in [2.45, 2.75) is 0 Å². The fourth-order valence-electron chi connectivity index (χ4n) is 0. The number of phosphoric acid groups is 1. The molecule has 0 unspecified atom stereocenters. The fourth-order valence-corrected chi connectivity index (χ4v) is 0. The normalized spacial score (nSPS) is 8.12. The predicted molar refractivity (Wildman–Crippen MR) is 8.29 cm³/mol. The van der Waals surface area contributed by atoms with Gasteiger partial charge < -0.3 is 19.2 Å². The van der Waals surface area contributed by atoms with Crippen molar-refractivity contribution < 1.29 is 94.4 Å². The molecular weight excluding hydrogens is 198 g/mol. The topological polar surface area (TPSA) is 103 Å². The average molecular weight is 198 g/mol. The summed E-state index contributed by atoms with van der Waals surface area (Å²) in [6.07, 6.45) is 0. The Kier molecular flexibility index (Phi) is 19.3. The summed E-state index contributed by atoms with van der Waals surface area (Å²) in [7, 11) is -5.39. The molecule has 0 aliphatic rings. The molecule has 0 atom stereocenters. The van der Waals surface area contributed by atoms with Crippen LogP contribution in [0.3, 0.4) is 0 Å². The van der Waals surface area contributed by atoms with Crippen molar-refractivity contribution in [2.75, 3.05) is 0 Å². The summed E-state index contributed by atoms with van der Waals surface area (Å²) in [6, 6.07) is 0. The van der Waals surface area contributed by atoms with Crippen molar-refractivity contribution in [2.24, 2.45) is 0 Å². The molecule has 0 saturated carbocycles. The van der Waals surface area contributed by atoms with Gasteiger partial charge in [0.05, 0.1) is 0 Å². The molecule has 0 heterocycles. The monoisotopic (exact) mass is 198 g/mol. The third-order valence-electron chi connectivity index (χ3n) is 0. The van der Waals surface area contributed by atoms with Crippen LogP contribution in [-0.2, 0) is 28.3 Å². The first-order chi connectivity index (χ1) is 3.00. The van der Waals surface area contributed by atoms with Gasteiger partial charge in [-0.1, -0.05) is 0 Å². The molecule has 0 amide bonds. The first kappa shape index (κ1) is 16.7. The van der Waals surface area contributed by atoms with Gasteiger partial charge >= 0.3 is 75.1 Å². The molecule has 0 aromatic rings. The van der Waals surface area contributed by atoms with E-state index < -0.39 is 7.82 Å².